The quantitative estimate of drug-likeness (QED) is 0.837. The Morgan fingerprint density at radius 3 is 2.43 bits per heavy atom. The van der Waals surface area contributed by atoms with Gasteiger partial charge in [0.2, 0.25) is 0 Å². The van der Waals surface area contributed by atoms with Gasteiger partial charge in [0.25, 0.3) is 0 Å². The van der Waals surface area contributed by atoms with E-state index in [4.69, 9.17) is 14.2 Å². The summed E-state index contributed by atoms with van der Waals surface area (Å²) in [7, 11) is 3.28. The number of methoxy groups -OCH3 is 2. The molecule has 23 heavy (non-hydrogen) atoms. The summed E-state index contributed by atoms with van der Waals surface area (Å²) < 4.78 is 16.1. The molecule has 0 N–H and O–H groups in total. The number of rotatable bonds is 2. The van der Waals surface area contributed by atoms with Crippen molar-refractivity contribution in [3.63, 3.8) is 0 Å². The number of ether oxygens (including phenoxy) is 3. The maximum Gasteiger partial charge on any atom is 0.320 e. The van der Waals surface area contributed by atoms with Gasteiger partial charge in [0.1, 0.15) is 0 Å². The summed E-state index contributed by atoms with van der Waals surface area (Å²) in [6.45, 7) is 5.37. The van der Waals surface area contributed by atoms with Crippen LogP contribution < -0.4 is 9.47 Å². The van der Waals surface area contributed by atoms with E-state index in [2.05, 4.69) is 6.92 Å². The Bertz CT molecular complexity index is 584. The summed E-state index contributed by atoms with van der Waals surface area (Å²) in [6.07, 6.45) is 0.829. The molecule has 0 aliphatic carbocycles. The Morgan fingerprint density at radius 2 is 1.78 bits per heavy atom. The van der Waals surface area contributed by atoms with Crippen LogP contribution in [0.15, 0.2) is 12.1 Å². The highest BCUT2D eigenvalue weighted by Crippen LogP contribution is 2.38. The Labute approximate surface area is 136 Å². The zero-order valence-corrected chi connectivity index (χ0v) is 14.0. The van der Waals surface area contributed by atoms with Crippen molar-refractivity contribution in [3.8, 4) is 11.5 Å². The average Bonchev–Trinajstić information content (AvgIpc) is 2.61. The van der Waals surface area contributed by atoms with Crippen LogP contribution in [0.5, 0.6) is 11.5 Å². The number of benzene rings is 1. The maximum atomic E-state index is 12.8. The Morgan fingerprint density at radius 1 is 1.13 bits per heavy atom. The van der Waals surface area contributed by atoms with Crippen molar-refractivity contribution in [1.82, 2.24) is 9.80 Å². The lowest BCUT2D eigenvalue weighted by atomic mass is 9.93. The molecular weight excluding hydrogens is 296 g/mol. The SMILES string of the molecule is COc1cc2c(cc1OC)C(C)N(C(=O)N1CCOCC1)CC2. The molecule has 0 aromatic heterocycles. The number of urea groups is 1. The number of morpholine rings is 1. The minimum absolute atomic E-state index is 0.0221. The van der Waals surface area contributed by atoms with Crippen LogP contribution in [0.2, 0.25) is 0 Å². The zero-order chi connectivity index (χ0) is 16.4. The second kappa shape index (κ2) is 6.66. The van der Waals surface area contributed by atoms with E-state index in [1.807, 2.05) is 21.9 Å². The van der Waals surface area contributed by atoms with Crippen molar-refractivity contribution in [2.24, 2.45) is 0 Å². The van der Waals surface area contributed by atoms with Gasteiger partial charge in [-0.1, -0.05) is 0 Å². The molecule has 6 nitrogen and oxygen atoms in total. The van der Waals surface area contributed by atoms with Crippen LogP contribution >= 0.6 is 0 Å². The number of nitrogens with zero attached hydrogens (tertiary/aromatic N) is 2. The van der Waals surface area contributed by atoms with Gasteiger partial charge in [-0.25, -0.2) is 4.79 Å². The summed E-state index contributed by atoms with van der Waals surface area (Å²) in [5, 5.41) is 0. The first-order valence-corrected chi connectivity index (χ1v) is 8.03. The standard InChI is InChI=1S/C17H24N2O4/c1-12-14-11-16(22-3)15(21-2)10-13(14)4-5-19(12)17(20)18-6-8-23-9-7-18/h10-12H,4-9H2,1-3H3. The third kappa shape index (κ3) is 2.95. The van der Waals surface area contributed by atoms with Gasteiger partial charge in [-0.05, 0) is 36.6 Å². The first-order valence-electron chi connectivity index (χ1n) is 8.03. The second-order valence-corrected chi connectivity index (χ2v) is 5.91. The van der Waals surface area contributed by atoms with Crippen molar-refractivity contribution in [2.45, 2.75) is 19.4 Å². The van der Waals surface area contributed by atoms with Gasteiger partial charge >= 0.3 is 6.03 Å². The fraction of sp³-hybridized carbons (Fsp3) is 0.588. The molecule has 2 aliphatic rings. The molecule has 1 fully saturated rings. The van der Waals surface area contributed by atoms with Crippen molar-refractivity contribution in [3.05, 3.63) is 23.3 Å². The van der Waals surface area contributed by atoms with E-state index in [1.54, 1.807) is 14.2 Å². The molecule has 0 saturated carbocycles. The molecule has 2 aliphatic heterocycles. The van der Waals surface area contributed by atoms with Gasteiger partial charge in [0.05, 0.1) is 33.5 Å². The van der Waals surface area contributed by atoms with Crippen LogP contribution in [0.4, 0.5) is 4.79 Å². The van der Waals surface area contributed by atoms with Gasteiger partial charge in [0.15, 0.2) is 11.5 Å². The first kappa shape index (κ1) is 15.9. The molecule has 2 amide bonds. The third-order valence-corrected chi connectivity index (χ3v) is 4.71. The van der Waals surface area contributed by atoms with E-state index in [-0.39, 0.29) is 12.1 Å². The molecule has 0 spiro atoms. The second-order valence-electron chi connectivity index (χ2n) is 5.91. The Balaban J connectivity index is 1.84. The van der Waals surface area contributed by atoms with Crippen LogP contribution in [0.1, 0.15) is 24.1 Å². The lowest BCUT2D eigenvalue weighted by Gasteiger charge is -2.39. The summed E-state index contributed by atoms with van der Waals surface area (Å²) in [4.78, 5) is 16.6. The van der Waals surface area contributed by atoms with Crippen molar-refractivity contribution >= 4 is 6.03 Å². The van der Waals surface area contributed by atoms with Gasteiger partial charge in [-0.15, -0.1) is 0 Å². The molecule has 1 aromatic carbocycles. The molecule has 2 heterocycles. The van der Waals surface area contributed by atoms with E-state index in [0.29, 0.717) is 32.1 Å². The van der Waals surface area contributed by atoms with Gasteiger partial charge in [-0.2, -0.15) is 0 Å². The number of fused-ring (bicyclic) bond motifs is 1. The van der Waals surface area contributed by atoms with E-state index in [1.165, 1.54) is 5.56 Å². The zero-order valence-electron chi connectivity index (χ0n) is 14.0. The topological polar surface area (TPSA) is 51.2 Å². The number of carbonyl (C=O) groups is 1. The summed E-state index contributed by atoms with van der Waals surface area (Å²) in [5.41, 5.74) is 2.36. The first-order chi connectivity index (χ1) is 11.2. The molecule has 0 bridgehead atoms. The highest BCUT2D eigenvalue weighted by molar-refractivity contribution is 5.75. The van der Waals surface area contributed by atoms with Crippen molar-refractivity contribution < 1.29 is 19.0 Å². The largest absolute Gasteiger partial charge is 0.493 e. The lowest BCUT2D eigenvalue weighted by Crippen LogP contribution is -2.50. The van der Waals surface area contributed by atoms with Crippen LogP contribution in [0.25, 0.3) is 0 Å². The smallest absolute Gasteiger partial charge is 0.320 e. The van der Waals surface area contributed by atoms with Crippen LogP contribution in [0, 0.1) is 0 Å². The van der Waals surface area contributed by atoms with E-state index in [9.17, 15) is 4.79 Å². The summed E-state index contributed by atoms with van der Waals surface area (Å²) in [5.74, 6) is 1.45. The summed E-state index contributed by atoms with van der Waals surface area (Å²) >= 11 is 0. The van der Waals surface area contributed by atoms with E-state index < -0.39 is 0 Å². The highest BCUT2D eigenvalue weighted by Gasteiger charge is 2.32. The number of hydrogen-bond acceptors (Lipinski definition) is 4. The molecule has 1 saturated heterocycles. The van der Waals surface area contributed by atoms with Crippen molar-refractivity contribution in [1.29, 1.82) is 0 Å². The normalized spacial score (nSPS) is 20.9. The maximum absolute atomic E-state index is 12.8. The van der Waals surface area contributed by atoms with Crippen LogP contribution in [0.3, 0.4) is 0 Å². The van der Waals surface area contributed by atoms with Crippen LogP contribution in [-0.2, 0) is 11.2 Å². The van der Waals surface area contributed by atoms with E-state index in [0.717, 1.165) is 24.3 Å². The predicted molar refractivity (Wildman–Crippen MR) is 86.2 cm³/mol. The number of hydrogen-bond donors (Lipinski definition) is 0. The summed E-state index contributed by atoms with van der Waals surface area (Å²) in [6, 6.07) is 4.15. The molecule has 1 atom stereocenters. The van der Waals surface area contributed by atoms with Gasteiger partial charge in [0, 0.05) is 19.6 Å². The minimum Gasteiger partial charge on any atom is -0.493 e. The lowest BCUT2D eigenvalue weighted by molar-refractivity contribution is 0.0390. The highest BCUT2D eigenvalue weighted by atomic mass is 16.5. The van der Waals surface area contributed by atoms with Crippen LogP contribution in [-0.4, -0.2) is 62.9 Å². The Kier molecular flexibility index (Phi) is 4.61. The van der Waals surface area contributed by atoms with Gasteiger partial charge < -0.3 is 24.0 Å². The molecule has 0 radical (unpaired) electrons. The monoisotopic (exact) mass is 320 g/mol. The molecule has 1 aromatic rings. The fourth-order valence-corrected chi connectivity index (χ4v) is 3.34. The molecular formula is C17H24N2O4. The fourth-order valence-electron chi connectivity index (χ4n) is 3.34. The van der Waals surface area contributed by atoms with E-state index >= 15 is 0 Å². The van der Waals surface area contributed by atoms with Gasteiger partial charge in [-0.3, -0.25) is 0 Å². The minimum atomic E-state index is 0.0221. The molecule has 6 heteroatoms. The average molecular weight is 320 g/mol. The molecule has 126 valence electrons. The molecule has 3 rings (SSSR count). The predicted octanol–water partition coefficient (Wildman–Crippen LogP) is 2.08. The number of carbonyl (C=O) groups excluding carboxylic acids is 1. The van der Waals surface area contributed by atoms with Crippen molar-refractivity contribution in [2.75, 3.05) is 47.1 Å². The number of amides is 2. The Hall–Kier alpha value is -1.95. The third-order valence-electron chi connectivity index (χ3n) is 4.71. The molecule has 1 unspecified atom stereocenters.